The van der Waals surface area contributed by atoms with Gasteiger partial charge in [0.15, 0.2) is 6.10 Å². The van der Waals surface area contributed by atoms with Crippen molar-refractivity contribution < 1.29 is 28.6 Å². The summed E-state index contributed by atoms with van der Waals surface area (Å²) in [6, 6.07) is 0. The molecule has 0 bridgehead atoms. The molecule has 0 aromatic heterocycles. The maximum atomic E-state index is 12.9. The van der Waals surface area contributed by atoms with Crippen molar-refractivity contribution in [1.29, 1.82) is 0 Å². The van der Waals surface area contributed by atoms with Gasteiger partial charge in [-0.1, -0.05) is 323 Å². The van der Waals surface area contributed by atoms with Crippen molar-refractivity contribution in [3.63, 3.8) is 0 Å². The molecule has 2 atom stereocenters. The number of carbonyl (C=O) groups is 3. The lowest BCUT2D eigenvalue weighted by Gasteiger charge is -2.18. The summed E-state index contributed by atoms with van der Waals surface area (Å²) >= 11 is 0. The fourth-order valence-corrected chi connectivity index (χ4v) is 9.78. The summed E-state index contributed by atoms with van der Waals surface area (Å²) in [4.78, 5) is 38.3. The quantitative estimate of drug-likeness (QED) is 0.0343. The van der Waals surface area contributed by atoms with Crippen molar-refractivity contribution in [2.75, 3.05) is 13.2 Å². The largest absolute Gasteiger partial charge is 0.462 e. The highest BCUT2D eigenvalue weighted by Crippen LogP contribution is 2.19. The lowest BCUT2D eigenvalue weighted by atomic mass is 9.99. The van der Waals surface area contributed by atoms with E-state index in [1.54, 1.807) is 0 Å². The average Bonchev–Trinajstić information content (AvgIpc) is 3.35. The molecule has 0 amide bonds. The molecule has 0 spiro atoms. The Morgan fingerprint density at radius 1 is 0.290 bits per heavy atom. The van der Waals surface area contributed by atoms with Gasteiger partial charge in [0, 0.05) is 19.3 Å². The highest BCUT2D eigenvalue weighted by molar-refractivity contribution is 5.71. The molecular formula is C63H122O6. The zero-order chi connectivity index (χ0) is 50.2. The fraction of sp³-hybridized carbons (Fsp3) is 0.952. The van der Waals surface area contributed by atoms with Gasteiger partial charge < -0.3 is 14.2 Å². The molecule has 0 aromatic carbocycles. The number of hydrogen-bond acceptors (Lipinski definition) is 6. The van der Waals surface area contributed by atoms with Gasteiger partial charge in [-0.25, -0.2) is 0 Å². The third-order valence-electron chi connectivity index (χ3n) is 14.9. The number of hydrogen-bond donors (Lipinski definition) is 0. The molecule has 0 heterocycles. The van der Waals surface area contributed by atoms with Gasteiger partial charge in [-0.15, -0.1) is 0 Å². The Morgan fingerprint density at radius 3 is 0.754 bits per heavy atom. The van der Waals surface area contributed by atoms with Crippen LogP contribution in [-0.2, 0) is 28.6 Å². The molecule has 0 aliphatic carbocycles. The predicted octanol–water partition coefficient (Wildman–Crippen LogP) is 21.0. The Kier molecular flexibility index (Phi) is 56.0. The summed E-state index contributed by atoms with van der Waals surface area (Å²) in [5, 5.41) is 0. The van der Waals surface area contributed by atoms with E-state index in [1.807, 2.05) is 0 Å². The van der Waals surface area contributed by atoms with Crippen LogP contribution in [0, 0.1) is 5.92 Å². The molecule has 69 heavy (non-hydrogen) atoms. The number of esters is 3. The normalized spacial score (nSPS) is 12.3. The van der Waals surface area contributed by atoms with E-state index >= 15 is 0 Å². The lowest BCUT2D eigenvalue weighted by Crippen LogP contribution is -2.30. The molecule has 0 saturated heterocycles. The van der Waals surface area contributed by atoms with Crippen molar-refractivity contribution in [3.8, 4) is 0 Å². The number of ether oxygens (including phenoxy) is 3. The fourth-order valence-electron chi connectivity index (χ4n) is 9.78. The maximum Gasteiger partial charge on any atom is 0.306 e. The zero-order valence-electron chi connectivity index (χ0n) is 47.3. The summed E-state index contributed by atoms with van der Waals surface area (Å²) in [5.41, 5.74) is 0. The summed E-state index contributed by atoms with van der Waals surface area (Å²) in [7, 11) is 0. The molecule has 0 aliphatic rings. The second-order valence-corrected chi connectivity index (χ2v) is 21.9. The Hall–Kier alpha value is -1.59. The molecule has 0 N–H and O–H groups in total. The molecule has 6 nitrogen and oxygen atoms in total. The van der Waals surface area contributed by atoms with E-state index in [-0.39, 0.29) is 31.1 Å². The Balaban J connectivity index is 4.29. The predicted molar refractivity (Wildman–Crippen MR) is 298 cm³/mol. The van der Waals surface area contributed by atoms with Gasteiger partial charge in [0.25, 0.3) is 0 Å². The monoisotopic (exact) mass is 975 g/mol. The smallest absolute Gasteiger partial charge is 0.306 e. The molecule has 1 unspecified atom stereocenters. The van der Waals surface area contributed by atoms with Crippen molar-refractivity contribution in [2.45, 2.75) is 368 Å². The Labute approximate surface area is 431 Å². The highest BCUT2D eigenvalue weighted by atomic mass is 16.6. The van der Waals surface area contributed by atoms with Gasteiger partial charge in [-0.2, -0.15) is 0 Å². The summed E-state index contributed by atoms with van der Waals surface area (Å²) in [5.74, 6) is 0.0674. The lowest BCUT2D eigenvalue weighted by molar-refractivity contribution is -0.167. The van der Waals surface area contributed by atoms with Crippen molar-refractivity contribution >= 4 is 17.9 Å². The van der Waals surface area contributed by atoms with Crippen LogP contribution in [0.5, 0.6) is 0 Å². The number of rotatable bonds is 58. The molecule has 0 fully saturated rings. The first-order valence-corrected chi connectivity index (χ1v) is 31.4. The van der Waals surface area contributed by atoms with Crippen molar-refractivity contribution in [1.82, 2.24) is 0 Å². The molecule has 0 rings (SSSR count). The van der Waals surface area contributed by atoms with E-state index in [0.29, 0.717) is 19.3 Å². The van der Waals surface area contributed by atoms with Crippen molar-refractivity contribution in [2.24, 2.45) is 5.92 Å². The van der Waals surface area contributed by atoms with Gasteiger partial charge in [-0.3, -0.25) is 14.4 Å². The van der Waals surface area contributed by atoms with Crippen LogP contribution in [0.4, 0.5) is 0 Å². The standard InChI is InChI=1S/C63H122O6/c1-5-8-10-12-14-16-18-20-22-24-26-32-36-40-44-48-52-56-63(66)69-60(57-67-61(64)54-50-46-42-38-34-30-25-23-21-19-17-15-13-11-9-6-2)58-68-62(65)55-51-47-43-39-35-31-28-27-29-33-37-41-45-49-53-59(4)7-3/h59-60H,5-58H2,1-4H3/t59?,60-/m0/s1. The molecule has 0 aromatic rings. The first-order chi connectivity index (χ1) is 33.9. The summed E-state index contributed by atoms with van der Waals surface area (Å²) in [6.07, 6.45) is 63.8. The van der Waals surface area contributed by atoms with Crippen LogP contribution in [0.3, 0.4) is 0 Å². The van der Waals surface area contributed by atoms with Crippen LogP contribution in [0.15, 0.2) is 0 Å². The minimum absolute atomic E-state index is 0.0612. The molecule has 0 saturated carbocycles. The van der Waals surface area contributed by atoms with E-state index in [0.717, 1.165) is 63.7 Å². The van der Waals surface area contributed by atoms with Gasteiger partial charge in [0.05, 0.1) is 0 Å². The first kappa shape index (κ1) is 67.4. The summed E-state index contributed by atoms with van der Waals surface area (Å²) in [6.45, 7) is 9.12. The van der Waals surface area contributed by atoms with Gasteiger partial charge in [0.2, 0.25) is 0 Å². The molecule has 410 valence electrons. The maximum absolute atomic E-state index is 12.9. The van der Waals surface area contributed by atoms with Crippen LogP contribution in [0.2, 0.25) is 0 Å². The summed E-state index contributed by atoms with van der Waals surface area (Å²) < 4.78 is 17.0. The molecular weight excluding hydrogens is 853 g/mol. The van der Waals surface area contributed by atoms with Gasteiger partial charge >= 0.3 is 17.9 Å². The zero-order valence-corrected chi connectivity index (χ0v) is 47.3. The first-order valence-electron chi connectivity index (χ1n) is 31.4. The second kappa shape index (κ2) is 57.3. The van der Waals surface area contributed by atoms with E-state index in [1.165, 1.54) is 257 Å². The SMILES string of the molecule is CCCCCCCCCCCCCCCCCCCC(=O)O[C@@H](COC(=O)CCCCCCCCCCCCCCCCCC)COC(=O)CCCCCCCCCCCCCCCCC(C)CC. The third kappa shape index (κ3) is 55.6. The minimum Gasteiger partial charge on any atom is -0.462 e. The van der Waals surface area contributed by atoms with E-state index in [2.05, 4.69) is 27.7 Å². The molecule has 0 aliphatic heterocycles. The third-order valence-corrected chi connectivity index (χ3v) is 14.9. The van der Waals surface area contributed by atoms with Gasteiger partial charge in [-0.05, 0) is 25.2 Å². The number of carbonyl (C=O) groups excluding carboxylic acids is 3. The van der Waals surface area contributed by atoms with E-state index in [9.17, 15) is 14.4 Å². The second-order valence-electron chi connectivity index (χ2n) is 21.9. The minimum atomic E-state index is -0.763. The molecule has 0 radical (unpaired) electrons. The van der Waals surface area contributed by atoms with Crippen LogP contribution >= 0.6 is 0 Å². The van der Waals surface area contributed by atoms with Crippen LogP contribution < -0.4 is 0 Å². The van der Waals surface area contributed by atoms with E-state index < -0.39 is 6.10 Å². The topological polar surface area (TPSA) is 78.9 Å². The molecule has 6 heteroatoms. The highest BCUT2D eigenvalue weighted by Gasteiger charge is 2.19. The van der Waals surface area contributed by atoms with Crippen LogP contribution in [-0.4, -0.2) is 37.2 Å². The number of unbranched alkanes of at least 4 members (excludes halogenated alkanes) is 44. The Morgan fingerprint density at radius 2 is 0.507 bits per heavy atom. The van der Waals surface area contributed by atoms with E-state index in [4.69, 9.17) is 14.2 Å². The van der Waals surface area contributed by atoms with Gasteiger partial charge in [0.1, 0.15) is 13.2 Å². The van der Waals surface area contributed by atoms with Crippen LogP contribution in [0.1, 0.15) is 362 Å². The van der Waals surface area contributed by atoms with Crippen molar-refractivity contribution in [3.05, 3.63) is 0 Å². The van der Waals surface area contributed by atoms with Crippen LogP contribution in [0.25, 0.3) is 0 Å². The average molecular weight is 976 g/mol. The Bertz CT molecular complexity index is 1040.